The lowest BCUT2D eigenvalue weighted by atomic mass is 9.88. The summed E-state index contributed by atoms with van der Waals surface area (Å²) in [7, 11) is 0. The number of para-hydroxylation sites is 2. The molecule has 4 N–H and O–H groups in total. The van der Waals surface area contributed by atoms with Gasteiger partial charge in [-0.1, -0.05) is 67.8 Å². The molecule has 4 atom stereocenters. The van der Waals surface area contributed by atoms with E-state index in [1.807, 2.05) is 12.1 Å². The number of nitrogens with two attached hydrogens (primary N) is 2. The minimum Gasteiger partial charge on any atom is -0.493 e. The summed E-state index contributed by atoms with van der Waals surface area (Å²) < 4.78 is 33.2. The smallest absolute Gasteiger partial charge is 0.407 e. The highest BCUT2D eigenvalue weighted by molar-refractivity contribution is 5.82. The zero-order valence-corrected chi connectivity index (χ0v) is 24.5. The number of aryl methyl sites for hydroxylation is 1. The van der Waals surface area contributed by atoms with E-state index < -0.39 is 48.5 Å². The highest BCUT2D eigenvalue weighted by Gasteiger charge is 2.35. The van der Waals surface area contributed by atoms with Gasteiger partial charge >= 0.3 is 24.1 Å². The number of esters is 2. The Hall–Kier alpha value is -5.78. The van der Waals surface area contributed by atoms with Gasteiger partial charge in [0.2, 0.25) is 0 Å². The number of hydrogen-bond acceptors (Lipinski definition) is 10. The van der Waals surface area contributed by atoms with Crippen LogP contribution in [0, 0.1) is 6.92 Å². The molecule has 3 aromatic rings. The summed E-state index contributed by atoms with van der Waals surface area (Å²) in [6.07, 6.45) is -3.66. The van der Waals surface area contributed by atoms with Crippen LogP contribution in [0.15, 0.2) is 104 Å². The fourth-order valence-corrected chi connectivity index (χ4v) is 4.27. The van der Waals surface area contributed by atoms with Crippen molar-refractivity contribution in [3.05, 3.63) is 121 Å². The molecule has 0 fully saturated rings. The third-order valence-corrected chi connectivity index (χ3v) is 6.40. The van der Waals surface area contributed by atoms with E-state index in [0.717, 1.165) is 12.2 Å². The van der Waals surface area contributed by atoms with Crippen LogP contribution in [0.3, 0.4) is 0 Å². The third kappa shape index (κ3) is 10.5. The summed E-state index contributed by atoms with van der Waals surface area (Å²) in [4.78, 5) is 48.3. The predicted molar refractivity (Wildman–Crippen MR) is 162 cm³/mol. The minimum absolute atomic E-state index is 0.144. The van der Waals surface area contributed by atoms with Crippen LogP contribution in [0.1, 0.15) is 28.5 Å². The van der Waals surface area contributed by atoms with Crippen molar-refractivity contribution in [1.29, 1.82) is 0 Å². The molecule has 0 bridgehead atoms. The normalized spacial score (nSPS) is 13.1. The molecule has 3 rings (SSSR count). The summed E-state index contributed by atoms with van der Waals surface area (Å²) in [5, 5.41) is 0. The van der Waals surface area contributed by atoms with Crippen LogP contribution in [0.5, 0.6) is 11.5 Å². The van der Waals surface area contributed by atoms with Crippen molar-refractivity contribution in [2.75, 3.05) is 13.2 Å². The Morgan fingerprint density at radius 2 is 1.11 bits per heavy atom. The Morgan fingerprint density at radius 1 is 0.667 bits per heavy atom. The number of benzene rings is 3. The second-order valence-electron chi connectivity index (χ2n) is 9.47. The molecular formula is C33H34N2O10. The summed E-state index contributed by atoms with van der Waals surface area (Å²) in [5.41, 5.74) is 12.3. The van der Waals surface area contributed by atoms with Crippen molar-refractivity contribution < 1.29 is 47.6 Å². The molecule has 0 spiro atoms. The first-order valence-corrected chi connectivity index (χ1v) is 13.7. The maximum atomic E-state index is 12.3. The Labute approximate surface area is 260 Å². The van der Waals surface area contributed by atoms with E-state index in [1.165, 1.54) is 0 Å². The number of rotatable bonds is 16. The van der Waals surface area contributed by atoms with E-state index >= 15 is 0 Å². The fraction of sp³-hybridized carbons (Fsp3) is 0.212. The summed E-state index contributed by atoms with van der Waals surface area (Å²) in [5.74, 6) is -2.65. The van der Waals surface area contributed by atoms with Crippen LogP contribution in [0.2, 0.25) is 0 Å². The molecule has 0 aliphatic rings. The zero-order valence-electron chi connectivity index (χ0n) is 24.5. The Morgan fingerprint density at radius 3 is 1.56 bits per heavy atom. The van der Waals surface area contributed by atoms with E-state index in [2.05, 4.69) is 13.2 Å². The van der Waals surface area contributed by atoms with Gasteiger partial charge in [0.15, 0.2) is 0 Å². The lowest BCUT2D eigenvalue weighted by Crippen LogP contribution is -2.36. The van der Waals surface area contributed by atoms with Crippen LogP contribution in [0.25, 0.3) is 0 Å². The molecular weight excluding hydrogens is 584 g/mol. The van der Waals surface area contributed by atoms with Crippen molar-refractivity contribution in [2.24, 2.45) is 11.5 Å². The molecule has 0 saturated carbocycles. The molecule has 236 valence electrons. The first-order chi connectivity index (χ1) is 21.6. The fourth-order valence-electron chi connectivity index (χ4n) is 4.27. The number of ether oxygens (including phenoxy) is 6. The molecule has 45 heavy (non-hydrogen) atoms. The maximum Gasteiger partial charge on any atom is 0.407 e. The summed E-state index contributed by atoms with van der Waals surface area (Å²) in [6.45, 7) is 8.28. The number of carbonyl (C=O) groups excluding carboxylic acids is 4. The van der Waals surface area contributed by atoms with Crippen LogP contribution in [-0.4, -0.2) is 49.9 Å². The van der Waals surface area contributed by atoms with Gasteiger partial charge in [-0.3, -0.25) is 0 Å². The molecule has 0 heterocycles. The minimum atomic E-state index is -1.54. The molecule has 0 aliphatic carbocycles. The van der Waals surface area contributed by atoms with Crippen molar-refractivity contribution in [3.63, 3.8) is 0 Å². The first-order valence-electron chi connectivity index (χ1n) is 13.7. The predicted octanol–water partition coefficient (Wildman–Crippen LogP) is 4.62. The standard InChI is InChI=1S/C33H34N2O10/c1-4-28(36)42-30(44-32(34)38)26(19-40-23-12-8-6-9-13-23)22-17-16-21(3)25(18-22)27(20-41-24-14-10-7-11-15-24)31(45-33(35)39)43-29(37)5-2/h4-18,26-27,30-31H,1-2,19-20H2,3H3,(H2,34,38)(H2,35,39). The summed E-state index contributed by atoms with van der Waals surface area (Å²) in [6, 6.07) is 22.7. The zero-order chi connectivity index (χ0) is 32.8. The maximum absolute atomic E-state index is 12.3. The second kappa shape index (κ2) is 16.8. The molecule has 0 aliphatic heterocycles. The number of carbonyl (C=O) groups is 4. The summed E-state index contributed by atoms with van der Waals surface area (Å²) >= 11 is 0. The lowest BCUT2D eigenvalue weighted by Gasteiger charge is -2.30. The van der Waals surface area contributed by atoms with Gasteiger partial charge in [-0.15, -0.1) is 0 Å². The number of hydrogen-bond donors (Lipinski definition) is 2. The van der Waals surface area contributed by atoms with Gasteiger partial charge in [-0.25, -0.2) is 19.2 Å². The SMILES string of the molecule is C=CC(=O)OC(OC(N)=O)C(COc1ccccc1)c1ccc(C)c(C(COc2ccccc2)C(OC(N)=O)OC(=O)C=C)c1. The Balaban J connectivity index is 2.12. The molecule has 12 nitrogen and oxygen atoms in total. The van der Waals surface area contributed by atoms with E-state index in [4.69, 9.17) is 39.9 Å². The van der Waals surface area contributed by atoms with Crippen molar-refractivity contribution in [3.8, 4) is 11.5 Å². The second-order valence-corrected chi connectivity index (χ2v) is 9.47. The van der Waals surface area contributed by atoms with E-state index in [1.54, 1.807) is 73.7 Å². The lowest BCUT2D eigenvalue weighted by molar-refractivity contribution is -0.167. The quantitative estimate of drug-likeness (QED) is 0.131. The average Bonchev–Trinajstić information content (AvgIpc) is 3.02. The van der Waals surface area contributed by atoms with Crippen molar-refractivity contribution in [2.45, 2.75) is 31.3 Å². The number of amides is 2. The third-order valence-electron chi connectivity index (χ3n) is 6.40. The highest BCUT2D eigenvalue weighted by Crippen LogP contribution is 2.33. The van der Waals surface area contributed by atoms with Gasteiger partial charge in [0, 0.05) is 12.2 Å². The van der Waals surface area contributed by atoms with Gasteiger partial charge in [0.05, 0.1) is 11.8 Å². The molecule has 4 unspecified atom stereocenters. The van der Waals surface area contributed by atoms with Gasteiger partial charge in [-0.05, 0) is 47.9 Å². The van der Waals surface area contributed by atoms with Crippen LogP contribution in [-0.2, 0) is 28.5 Å². The average molecular weight is 619 g/mol. The van der Waals surface area contributed by atoms with E-state index in [0.29, 0.717) is 28.2 Å². The van der Waals surface area contributed by atoms with Crippen LogP contribution in [0.4, 0.5) is 9.59 Å². The van der Waals surface area contributed by atoms with E-state index in [-0.39, 0.29) is 13.2 Å². The molecule has 2 amide bonds. The first kappa shape index (κ1) is 33.7. The number of primary amides is 2. The van der Waals surface area contributed by atoms with Gasteiger partial charge in [0.25, 0.3) is 12.6 Å². The van der Waals surface area contributed by atoms with Crippen molar-refractivity contribution in [1.82, 2.24) is 0 Å². The molecule has 0 aromatic heterocycles. The van der Waals surface area contributed by atoms with Gasteiger partial charge in [0.1, 0.15) is 24.7 Å². The van der Waals surface area contributed by atoms with Crippen LogP contribution >= 0.6 is 0 Å². The van der Waals surface area contributed by atoms with E-state index in [9.17, 15) is 19.2 Å². The Kier molecular flexibility index (Phi) is 12.6. The molecule has 3 aromatic carbocycles. The van der Waals surface area contributed by atoms with Crippen LogP contribution < -0.4 is 20.9 Å². The highest BCUT2D eigenvalue weighted by atomic mass is 16.7. The molecule has 0 saturated heterocycles. The van der Waals surface area contributed by atoms with Gasteiger partial charge in [-0.2, -0.15) is 0 Å². The largest absolute Gasteiger partial charge is 0.493 e. The monoisotopic (exact) mass is 618 g/mol. The Bertz CT molecular complexity index is 1480. The molecule has 0 radical (unpaired) electrons. The van der Waals surface area contributed by atoms with Gasteiger partial charge < -0.3 is 39.9 Å². The topological polar surface area (TPSA) is 176 Å². The van der Waals surface area contributed by atoms with Crippen molar-refractivity contribution >= 4 is 24.1 Å². The molecule has 12 heteroatoms.